The number of rotatable bonds is 6. The zero-order chi connectivity index (χ0) is 13.9. The molecular weight excluding hydrogens is 256 g/mol. The molecule has 1 fully saturated rings. The molecule has 1 aliphatic carbocycles. The summed E-state index contributed by atoms with van der Waals surface area (Å²) in [5.41, 5.74) is 1.52. The summed E-state index contributed by atoms with van der Waals surface area (Å²) in [5.74, 6) is 1.20. The Kier molecular flexibility index (Phi) is 3.41. The summed E-state index contributed by atoms with van der Waals surface area (Å²) in [4.78, 5) is 15.2. The molecule has 0 atom stereocenters. The minimum atomic E-state index is 0.406. The Balaban J connectivity index is 1.74. The van der Waals surface area contributed by atoms with Crippen LogP contribution in [0.25, 0.3) is 0 Å². The lowest BCUT2D eigenvalue weighted by molar-refractivity contribution is 0.111. The summed E-state index contributed by atoms with van der Waals surface area (Å²) in [6.45, 7) is 0.406. The van der Waals surface area contributed by atoms with E-state index in [1.807, 2.05) is 12.5 Å². The maximum Gasteiger partial charge on any atom is 0.153 e. The second-order valence-electron chi connectivity index (χ2n) is 4.83. The Hall–Kier alpha value is -2.30. The Bertz CT molecular complexity index is 617. The maximum absolute atomic E-state index is 11.1. The van der Waals surface area contributed by atoms with Gasteiger partial charge in [0.15, 0.2) is 6.29 Å². The summed E-state index contributed by atoms with van der Waals surface area (Å²) < 4.78 is 13.0. The average Bonchev–Trinajstić information content (AvgIpc) is 3.23. The van der Waals surface area contributed by atoms with Crippen LogP contribution in [0.1, 0.15) is 34.9 Å². The molecule has 0 radical (unpaired) electrons. The van der Waals surface area contributed by atoms with Crippen LogP contribution in [0.2, 0.25) is 0 Å². The van der Waals surface area contributed by atoms with E-state index in [0.29, 0.717) is 29.7 Å². The molecule has 3 rings (SSSR count). The largest absolute Gasteiger partial charge is 0.497 e. The van der Waals surface area contributed by atoms with Crippen molar-refractivity contribution in [2.75, 3.05) is 7.11 Å². The molecule has 0 aliphatic heterocycles. The number of imidazole rings is 1. The molecule has 0 N–H and O–H groups in total. The molecule has 0 amide bonds. The fourth-order valence-electron chi connectivity index (χ4n) is 2.15. The standard InChI is InChI=1S/C15H16N2O3/c1-19-14-4-5-15(11(6-14)8-18)20-9-13-7-16-10-17(13)12-2-3-12/h4-8,10,12H,2-3,9H2,1H3. The van der Waals surface area contributed by atoms with E-state index in [4.69, 9.17) is 9.47 Å². The van der Waals surface area contributed by atoms with Crippen LogP contribution < -0.4 is 9.47 Å². The van der Waals surface area contributed by atoms with Crippen molar-refractivity contribution in [2.45, 2.75) is 25.5 Å². The van der Waals surface area contributed by atoms with Crippen LogP contribution in [0.15, 0.2) is 30.7 Å². The van der Waals surface area contributed by atoms with Gasteiger partial charge in [-0.2, -0.15) is 0 Å². The highest BCUT2D eigenvalue weighted by Gasteiger charge is 2.25. The molecule has 1 aromatic heterocycles. The van der Waals surface area contributed by atoms with E-state index in [0.717, 1.165) is 12.0 Å². The Labute approximate surface area is 117 Å². The number of carbonyl (C=O) groups excluding carboxylic acids is 1. The number of aromatic nitrogens is 2. The SMILES string of the molecule is COc1ccc(OCc2cncn2C2CC2)c(C=O)c1. The fourth-order valence-corrected chi connectivity index (χ4v) is 2.15. The number of nitrogens with zero attached hydrogens (tertiary/aromatic N) is 2. The molecule has 20 heavy (non-hydrogen) atoms. The molecule has 104 valence electrons. The van der Waals surface area contributed by atoms with Crippen molar-refractivity contribution >= 4 is 6.29 Å². The monoisotopic (exact) mass is 272 g/mol. The van der Waals surface area contributed by atoms with Crippen LogP contribution in [0.3, 0.4) is 0 Å². The molecule has 1 aliphatic rings. The van der Waals surface area contributed by atoms with Gasteiger partial charge in [-0.15, -0.1) is 0 Å². The van der Waals surface area contributed by atoms with Crippen molar-refractivity contribution in [3.05, 3.63) is 42.0 Å². The predicted molar refractivity (Wildman–Crippen MR) is 73.2 cm³/mol. The first-order chi connectivity index (χ1) is 9.81. The van der Waals surface area contributed by atoms with Crippen LogP contribution in [0.4, 0.5) is 0 Å². The summed E-state index contributed by atoms with van der Waals surface area (Å²) >= 11 is 0. The highest BCUT2D eigenvalue weighted by molar-refractivity contribution is 5.80. The van der Waals surface area contributed by atoms with Gasteiger partial charge in [0.1, 0.15) is 18.1 Å². The molecule has 0 unspecified atom stereocenters. The highest BCUT2D eigenvalue weighted by atomic mass is 16.5. The number of hydrogen-bond donors (Lipinski definition) is 0. The molecular formula is C15H16N2O3. The zero-order valence-electron chi connectivity index (χ0n) is 11.3. The third-order valence-corrected chi connectivity index (χ3v) is 3.41. The second kappa shape index (κ2) is 5.36. The molecule has 0 bridgehead atoms. The first-order valence-electron chi connectivity index (χ1n) is 6.58. The number of benzene rings is 1. The maximum atomic E-state index is 11.1. The van der Waals surface area contributed by atoms with Gasteiger partial charge >= 0.3 is 0 Å². The van der Waals surface area contributed by atoms with Crippen LogP contribution in [-0.2, 0) is 6.61 Å². The van der Waals surface area contributed by atoms with Gasteiger partial charge in [-0.05, 0) is 31.0 Å². The summed E-state index contributed by atoms with van der Waals surface area (Å²) in [5, 5.41) is 0. The lowest BCUT2D eigenvalue weighted by Crippen LogP contribution is -2.04. The number of carbonyl (C=O) groups is 1. The highest BCUT2D eigenvalue weighted by Crippen LogP contribution is 2.35. The molecule has 1 saturated carbocycles. The lowest BCUT2D eigenvalue weighted by atomic mass is 10.2. The van der Waals surface area contributed by atoms with Gasteiger partial charge in [0.2, 0.25) is 0 Å². The van der Waals surface area contributed by atoms with E-state index in [-0.39, 0.29) is 0 Å². The molecule has 2 aromatic rings. The topological polar surface area (TPSA) is 53.4 Å². The number of hydrogen-bond acceptors (Lipinski definition) is 4. The van der Waals surface area contributed by atoms with Gasteiger partial charge in [-0.25, -0.2) is 4.98 Å². The quantitative estimate of drug-likeness (QED) is 0.758. The van der Waals surface area contributed by atoms with Crippen molar-refractivity contribution in [2.24, 2.45) is 0 Å². The average molecular weight is 272 g/mol. The first-order valence-corrected chi connectivity index (χ1v) is 6.58. The van der Waals surface area contributed by atoms with Gasteiger partial charge in [0.05, 0.1) is 30.9 Å². The third-order valence-electron chi connectivity index (χ3n) is 3.41. The minimum Gasteiger partial charge on any atom is -0.497 e. The molecule has 0 spiro atoms. The van der Waals surface area contributed by atoms with Crippen molar-refractivity contribution in [3.8, 4) is 11.5 Å². The summed E-state index contributed by atoms with van der Waals surface area (Å²) in [6, 6.07) is 5.76. The van der Waals surface area contributed by atoms with E-state index in [1.165, 1.54) is 12.8 Å². The van der Waals surface area contributed by atoms with Crippen molar-refractivity contribution < 1.29 is 14.3 Å². The Morgan fingerprint density at radius 1 is 1.45 bits per heavy atom. The third kappa shape index (κ3) is 2.52. The van der Waals surface area contributed by atoms with E-state index < -0.39 is 0 Å². The fraction of sp³-hybridized carbons (Fsp3) is 0.333. The van der Waals surface area contributed by atoms with E-state index in [1.54, 1.807) is 25.3 Å². The molecule has 0 saturated heterocycles. The van der Waals surface area contributed by atoms with Gasteiger partial charge in [-0.3, -0.25) is 4.79 Å². The second-order valence-corrected chi connectivity index (χ2v) is 4.83. The van der Waals surface area contributed by atoms with Crippen molar-refractivity contribution in [1.82, 2.24) is 9.55 Å². The minimum absolute atomic E-state index is 0.406. The van der Waals surface area contributed by atoms with Gasteiger partial charge in [0, 0.05) is 6.04 Å². The molecule has 1 aromatic carbocycles. The van der Waals surface area contributed by atoms with E-state index >= 15 is 0 Å². The van der Waals surface area contributed by atoms with Crippen molar-refractivity contribution in [1.29, 1.82) is 0 Å². The van der Waals surface area contributed by atoms with Crippen molar-refractivity contribution in [3.63, 3.8) is 0 Å². The van der Waals surface area contributed by atoms with Crippen LogP contribution in [-0.4, -0.2) is 22.9 Å². The van der Waals surface area contributed by atoms with E-state index in [2.05, 4.69) is 9.55 Å². The number of ether oxygens (including phenoxy) is 2. The van der Waals surface area contributed by atoms with Crippen LogP contribution in [0.5, 0.6) is 11.5 Å². The Morgan fingerprint density at radius 2 is 2.30 bits per heavy atom. The zero-order valence-corrected chi connectivity index (χ0v) is 11.3. The van der Waals surface area contributed by atoms with Gasteiger partial charge < -0.3 is 14.0 Å². The van der Waals surface area contributed by atoms with Crippen LogP contribution >= 0.6 is 0 Å². The first kappa shape index (κ1) is 12.7. The smallest absolute Gasteiger partial charge is 0.153 e. The summed E-state index contributed by atoms with van der Waals surface area (Å²) in [6.07, 6.45) is 6.82. The number of methoxy groups -OCH3 is 1. The Morgan fingerprint density at radius 3 is 3.00 bits per heavy atom. The molecule has 1 heterocycles. The van der Waals surface area contributed by atoms with Gasteiger partial charge in [0.25, 0.3) is 0 Å². The van der Waals surface area contributed by atoms with Crippen LogP contribution in [0, 0.1) is 0 Å². The number of aldehydes is 1. The van der Waals surface area contributed by atoms with Gasteiger partial charge in [-0.1, -0.05) is 0 Å². The molecule has 5 heteroatoms. The predicted octanol–water partition coefficient (Wildman–Crippen LogP) is 2.62. The van der Waals surface area contributed by atoms with E-state index in [9.17, 15) is 4.79 Å². The lowest BCUT2D eigenvalue weighted by Gasteiger charge is -2.11. The normalized spacial score (nSPS) is 14.1. The summed E-state index contributed by atoms with van der Waals surface area (Å²) in [7, 11) is 1.57. The molecule has 5 nitrogen and oxygen atoms in total.